The molecule has 0 fully saturated rings. The van der Waals surface area contributed by atoms with Gasteiger partial charge in [0.1, 0.15) is 13.2 Å². The third kappa shape index (κ3) is 70.0. The molecule has 83 heavy (non-hydrogen) atoms. The zero-order chi connectivity index (χ0) is 59.9. The van der Waals surface area contributed by atoms with E-state index in [9.17, 15) is 14.4 Å². The van der Waals surface area contributed by atoms with E-state index < -0.39 is 6.10 Å². The Hall–Kier alpha value is -2.63. The monoisotopic (exact) mass is 1160 g/mol. The van der Waals surface area contributed by atoms with Crippen molar-refractivity contribution >= 4 is 17.9 Å². The van der Waals surface area contributed by atoms with E-state index in [0.29, 0.717) is 19.3 Å². The maximum atomic E-state index is 13.0. The molecule has 0 aromatic carbocycles. The molecule has 486 valence electrons. The summed E-state index contributed by atoms with van der Waals surface area (Å²) in [5, 5.41) is 0. The number of hydrogen-bond acceptors (Lipinski definition) is 6. The first-order chi connectivity index (χ1) is 41.0. The fraction of sp³-hybridized carbons (Fsp3) is 0.857. The standard InChI is InChI=1S/C77H142O6/c1-4-7-10-13-16-19-22-25-27-29-31-33-35-37-38-40-41-43-45-47-49-52-55-58-61-64-67-70-76(79)82-73-74(72-81-75(78)69-66-63-60-57-54-51-24-21-18-15-12-9-6-3)83-77(80)71-68-65-62-59-56-53-50-48-46-44-42-39-36-34-32-30-28-26-23-20-17-14-11-8-5-2/h21,23-24,26,29-32,74H,4-20,22,25,27-28,33-73H2,1-3H3/b24-21-,26-23-,31-29-,32-30-. The van der Waals surface area contributed by atoms with Gasteiger partial charge in [-0.25, -0.2) is 0 Å². The lowest BCUT2D eigenvalue weighted by atomic mass is 10.0. The van der Waals surface area contributed by atoms with E-state index in [1.807, 2.05) is 0 Å². The number of unbranched alkanes of at least 4 members (excludes halogenated alkanes) is 50. The Morgan fingerprint density at radius 3 is 0.687 bits per heavy atom. The molecule has 0 heterocycles. The van der Waals surface area contributed by atoms with Gasteiger partial charge in [0.25, 0.3) is 0 Å². The van der Waals surface area contributed by atoms with Crippen molar-refractivity contribution in [1.82, 2.24) is 0 Å². The molecule has 6 heteroatoms. The number of ether oxygens (including phenoxy) is 3. The topological polar surface area (TPSA) is 78.9 Å². The molecule has 0 bridgehead atoms. The van der Waals surface area contributed by atoms with Crippen LogP contribution in [0.4, 0.5) is 0 Å². The minimum atomic E-state index is -0.777. The second-order valence-corrected chi connectivity index (χ2v) is 25.2. The van der Waals surface area contributed by atoms with Gasteiger partial charge in [-0.2, -0.15) is 0 Å². The summed E-state index contributed by atoms with van der Waals surface area (Å²) in [5.41, 5.74) is 0. The van der Waals surface area contributed by atoms with Crippen molar-refractivity contribution < 1.29 is 28.6 Å². The van der Waals surface area contributed by atoms with Crippen molar-refractivity contribution in [3.05, 3.63) is 48.6 Å². The Morgan fingerprint density at radius 1 is 0.241 bits per heavy atom. The van der Waals surface area contributed by atoms with Crippen LogP contribution < -0.4 is 0 Å². The van der Waals surface area contributed by atoms with Crippen molar-refractivity contribution in [3.8, 4) is 0 Å². The van der Waals surface area contributed by atoms with Crippen LogP contribution in [0.5, 0.6) is 0 Å². The first kappa shape index (κ1) is 80.4. The first-order valence-corrected chi connectivity index (χ1v) is 37.1. The zero-order valence-electron chi connectivity index (χ0n) is 56.0. The summed E-state index contributed by atoms with van der Waals surface area (Å²) in [4.78, 5) is 38.5. The molecule has 0 aliphatic carbocycles. The Morgan fingerprint density at radius 2 is 0.434 bits per heavy atom. The van der Waals surface area contributed by atoms with Gasteiger partial charge in [0.05, 0.1) is 0 Å². The Kier molecular flexibility index (Phi) is 69.6. The summed E-state index contributed by atoms with van der Waals surface area (Å²) in [6, 6.07) is 0. The summed E-state index contributed by atoms with van der Waals surface area (Å²) in [5.74, 6) is -0.855. The summed E-state index contributed by atoms with van der Waals surface area (Å²) in [6.45, 7) is 6.68. The van der Waals surface area contributed by atoms with E-state index in [1.54, 1.807) is 0 Å². The van der Waals surface area contributed by atoms with Crippen LogP contribution in [0.1, 0.15) is 406 Å². The molecule has 0 rings (SSSR count). The lowest BCUT2D eigenvalue weighted by Gasteiger charge is -2.18. The molecule has 0 N–H and O–H groups in total. The van der Waals surface area contributed by atoms with Crippen molar-refractivity contribution in [2.24, 2.45) is 0 Å². The molecular formula is C77H142O6. The van der Waals surface area contributed by atoms with Gasteiger partial charge in [-0.05, 0) is 103 Å². The lowest BCUT2D eigenvalue weighted by molar-refractivity contribution is -0.167. The van der Waals surface area contributed by atoms with Crippen LogP contribution >= 0.6 is 0 Å². The van der Waals surface area contributed by atoms with Crippen molar-refractivity contribution in [2.45, 2.75) is 412 Å². The number of carbonyl (C=O) groups is 3. The Bertz CT molecular complexity index is 1430. The van der Waals surface area contributed by atoms with E-state index >= 15 is 0 Å². The fourth-order valence-corrected chi connectivity index (χ4v) is 11.2. The average Bonchev–Trinajstić information content (AvgIpc) is 3.49. The van der Waals surface area contributed by atoms with Gasteiger partial charge >= 0.3 is 17.9 Å². The van der Waals surface area contributed by atoms with Gasteiger partial charge in [0.2, 0.25) is 0 Å². The molecule has 0 amide bonds. The molecule has 0 aliphatic rings. The zero-order valence-corrected chi connectivity index (χ0v) is 56.0. The van der Waals surface area contributed by atoms with Gasteiger partial charge in [-0.15, -0.1) is 0 Å². The Balaban J connectivity index is 4.22. The van der Waals surface area contributed by atoms with Crippen molar-refractivity contribution in [3.63, 3.8) is 0 Å². The molecule has 0 saturated carbocycles. The molecule has 0 spiro atoms. The van der Waals surface area contributed by atoms with E-state index in [0.717, 1.165) is 70.6 Å². The minimum Gasteiger partial charge on any atom is -0.462 e. The van der Waals surface area contributed by atoms with Gasteiger partial charge in [-0.1, -0.05) is 333 Å². The lowest BCUT2D eigenvalue weighted by Crippen LogP contribution is -2.30. The summed E-state index contributed by atoms with van der Waals surface area (Å²) >= 11 is 0. The average molecular weight is 1160 g/mol. The van der Waals surface area contributed by atoms with Crippen LogP contribution in [0.3, 0.4) is 0 Å². The predicted octanol–water partition coefficient (Wildman–Crippen LogP) is 25.7. The normalized spacial score (nSPS) is 12.3. The number of rotatable bonds is 69. The quantitative estimate of drug-likeness (QED) is 0.0261. The molecule has 0 aliphatic heterocycles. The van der Waals surface area contributed by atoms with Crippen LogP contribution in [0, 0.1) is 0 Å². The Labute approximate surface area is 518 Å². The maximum absolute atomic E-state index is 13.0. The van der Waals surface area contributed by atoms with E-state index in [2.05, 4.69) is 69.4 Å². The first-order valence-electron chi connectivity index (χ1n) is 37.1. The van der Waals surface area contributed by atoms with E-state index in [-0.39, 0.29) is 31.1 Å². The molecule has 1 atom stereocenters. The molecule has 0 aromatic rings. The summed E-state index contributed by atoms with van der Waals surface area (Å²) in [6.07, 6.45) is 91.5. The number of carbonyl (C=O) groups excluding carboxylic acids is 3. The van der Waals surface area contributed by atoms with Crippen LogP contribution in [-0.4, -0.2) is 37.2 Å². The van der Waals surface area contributed by atoms with Gasteiger partial charge in [0, 0.05) is 19.3 Å². The highest BCUT2D eigenvalue weighted by Gasteiger charge is 2.19. The molecule has 6 nitrogen and oxygen atoms in total. The summed E-state index contributed by atoms with van der Waals surface area (Å²) in [7, 11) is 0. The van der Waals surface area contributed by atoms with Crippen molar-refractivity contribution in [1.29, 1.82) is 0 Å². The highest BCUT2D eigenvalue weighted by Crippen LogP contribution is 2.18. The smallest absolute Gasteiger partial charge is 0.306 e. The number of esters is 3. The summed E-state index contributed by atoms with van der Waals surface area (Å²) < 4.78 is 17.0. The van der Waals surface area contributed by atoms with E-state index in [4.69, 9.17) is 14.2 Å². The molecule has 0 saturated heterocycles. The van der Waals surface area contributed by atoms with Gasteiger partial charge in [0.15, 0.2) is 6.10 Å². The third-order valence-electron chi connectivity index (χ3n) is 16.8. The predicted molar refractivity (Wildman–Crippen MR) is 362 cm³/mol. The van der Waals surface area contributed by atoms with Gasteiger partial charge in [-0.3, -0.25) is 14.4 Å². The van der Waals surface area contributed by atoms with Crippen LogP contribution in [0.2, 0.25) is 0 Å². The second kappa shape index (κ2) is 71.8. The molecule has 0 radical (unpaired) electrons. The maximum Gasteiger partial charge on any atom is 0.306 e. The van der Waals surface area contributed by atoms with Crippen LogP contribution in [0.25, 0.3) is 0 Å². The SMILES string of the molecule is CCCCCC/C=C\CCCCCCCC(=O)OCC(COC(=O)CCCCCCCCCCCCCCCCC/C=C\CCCCCCCCCC)OC(=O)CCCCCCCCCCCCCCC/C=C\C/C=C\CCCCCCC. The third-order valence-corrected chi connectivity index (χ3v) is 16.8. The number of allylic oxidation sites excluding steroid dienone is 8. The highest BCUT2D eigenvalue weighted by molar-refractivity contribution is 5.71. The molecule has 0 aromatic heterocycles. The largest absolute Gasteiger partial charge is 0.462 e. The number of hydrogen-bond donors (Lipinski definition) is 0. The van der Waals surface area contributed by atoms with E-state index in [1.165, 1.54) is 295 Å². The molecule has 1 unspecified atom stereocenters. The van der Waals surface area contributed by atoms with Crippen LogP contribution in [0.15, 0.2) is 48.6 Å². The van der Waals surface area contributed by atoms with Gasteiger partial charge < -0.3 is 14.2 Å². The minimum absolute atomic E-state index is 0.0718. The van der Waals surface area contributed by atoms with Crippen molar-refractivity contribution in [2.75, 3.05) is 13.2 Å². The highest BCUT2D eigenvalue weighted by atomic mass is 16.6. The second-order valence-electron chi connectivity index (χ2n) is 25.2. The fourth-order valence-electron chi connectivity index (χ4n) is 11.2. The molecular weight excluding hydrogens is 1020 g/mol. The van der Waals surface area contributed by atoms with Crippen LogP contribution in [-0.2, 0) is 28.6 Å².